The molecular formula is C13H18BrClN2O3S. The molecule has 8 heteroatoms. The molecule has 0 aliphatic heterocycles. The van der Waals surface area contributed by atoms with E-state index in [-0.39, 0.29) is 28.8 Å². The van der Waals surface area contributed by atoms with Gasteiger partial charge in [0.1, 0.15) is 4.90 Å². The smallest absolute Gasteiger partial charge is 0.242 e. The van der Waals surface area contributed by atoms with Crippen molar-refractivity contribution in [3.63, 3.8) is 0 Å². The summed E-state index contributed by atoms with van der Waals surface area (Å²) in [5, 5.41) is 0.131. The van der Waals surface area contributed by atoms with Crippen LogP contribution in [0.3, 0.4) is 0 Å². The van der Waals surface area contributed by atoms with E-state index in [2.05, 4.69) is 20.7 Å². The van der Waals surface area contributed by atoms with E-state index in [0.29, 0.717) is 17.6 Å². The van der Waals surface area contributed by atoms with Crippen LogP contribution >= 0.6 is 27.5 Å². The van der Waals surface area contributed by atoms with Crippen LogP contribution in [0.1, 0.15) is 20.3 Å². The number of nitrogens with zero attached hydrogens (tertiary/aromatic N) is 1. The van der Waals surface area contributed by atoms with E-state index in [4.69, 9.17) is 11.6 Å². The van der Waals surface area contributed by atoms with Gasteiger partial charge >= 0.3 is 0 Å². The van der Waals surface area contributed by atoms with Gasteiger partial charge in [0.25, 0.3) is 0 Å². The first-order chi connectivity index (χ1) is 9.81. The molecule has 0 unspecified atom stereocenters. The van der Waals surface area contributed by atoms with Crippen molar-refractivity contribution < 1.29 is 13.2 Å². The second-order valence-corrected chi connectivity index (χ2v) is 7.35. The summed E-state index contributed by atoms with van der Waals surface area (Å²) in [6.45, 7) is 5.03. The number of amides is 1. The molecule has 0 saturated heterocycles. The first-order valence-corrected chi connectivity index (χ1v) is 9.19. The Labute approximate surface area is 138 Å². The molecule has 0 radical (unpaired) electrons. The van der Waals surface area contributed by atoms with Gasteiger partial charge in [0, 0.05) is 30.5 Å². The number of rotatable bonds is 7. The highest BCUT2D eigenvalue weighted by atomic mass is 79.9. The van der Waals surface area contributed by atoms with Crippen LogP contribution in [0, 0.1) is 0 Å². The van der Waals surface area contributed by atoms with Crippen molar-refractivity contribution in [2.24, 2.45) is 0 Å². The van der Waals surface area contributed by atoms with Crippen molar-refractivity contribution in [2.75, 3.05) is 19.6 Å². The van der Waals surface area contributed by atoms with Crippen molar-refractivity contribution >= 4 is 43.5 Å². The van der Waals surface area contributed by atoms with Gasteiger partial charge in [-0.15, -0.1) is 0 Å². The van der Waals surface area contributed by atoms with E-state index in [0.717, 1.165) is 0 Å². The minimum Gasteiger partial charge on any atom is -0.343 e. The average molecular weight is 398 g/mol. The fourth-order valence-corrected chi connectivity index (χ4v) is 3.86. The predicted molar refractivity (Wildman–Crippen MR) is 86.9 cm³/mol. The fraction of sp³-hybridized carbons (Fsp3) is 0.462. The topological polar surface area (TPSA) is 66.5 Å². The van der Waals surface area contributed by atoms with Gasteiger partial charge < -0.3 is 4.90 Å². The molecule has 5 nitrogen and oxygen atoms in total. The average Bonchev–Trinajstić information content (AvgIpc) is 2.39. The number of hydrogen-bond donors (Lipinski definition) is 1. The van der Waals surface area contributed by atoms with Crippen molar-refractivity contribution in [3.8, 4) is 0 Å². The van der Waals surface area contributed by atoms with Gasteiger partial charge in [-0.25, -0.2) is 13.1 Å². The lowest BCUT2D eigenvalue weighted by Gasteiger charge is -2.18. The first-order valence-electron chi connectivity index (χ1n) is 6.54. The molecule has 118 valence electrons. The van der Waals surface area contributed by atoms with Gasteiger partial charge in [0.2, 0.25) is 15.9 Å². The fourth-order valence-electron chi connectivity index (χ4n) is 1.80. The maximum atomic E-state index is 12.1. The second kappa shape index (κ2) is 8.12. The Hall–Kier alpha value is -0.630. The molecule has 1 amide bonds. The molecular weight excluding hydrogens is 380 g/mol. The molecule has 0 aromatic heterocycles. The highest BCUT2D eigenvalue weighted by Gasteiger charge is 2.18. The Kier molecular flexibility index (Phi) is 7.12. The van der Waals surface area contributed by atoms with Crippen molar-refractivity contribution in [2.45, 2.75) is 25.2 Å². The van der Waals surface area contributed by atoms with Crippen LogP contribution in [0.4, 0.5) is 0 Å². The molecule has 1 aromatic rings. The molecule has 0 fully saturated rings. The van der Waals surface area contributed by atoms with Crippen LogP contribution in [0.15, 0.2) is 27.6 Å². The van der Waals surface area contributed by atoms with Gasteiger partial charge in [-0.1, -0.05) is 27.5 Å². The Morgan fingerprint density at radius 1 is 1.33 bits per heavy atom. The molecule has 0 heterocycles. The highest BCUT2D eigenvalue weighted by Crippen LogP contribution is 2.24. The number of benzene rings is 1. The molecule has 0 aliphatic rings. The number of halogens is 2. The number of sulfonamides is 1. The molecule has 1 aromatic carbocycles. The summed E-state index contributed by atoms with van der Waals surface area (Å²) in [5.41, 5.74) is 0. The van der Waals surface area contributed by atoms with Gasteiger partial charge in [0.05, 0.1) is 5.02 Å². The lowest BCUT2D eigenvalue weighted by Crippen LogP contribution is -2.34. The molecule has 1 N–H and O–H groups in total. The van der Waals surface area contributed by atoms with Crippen LogP contribution in [0.25, 0.3) is 0 Å². The lowest BCUT2D eigenvalue weighted by molar-refractivity contribution is -0.130. The predicted octanol–water partition coefficient (Wildman–Crippen LogP) is 2.64. The molecule has 1 rings (SSSR count). The summed E-state index contributed by atoms with van der Waals surface area (Å²) >= 11 is 9.14. The largest absolute Gasteiger partial charge is 0.343 e. The molecule has 0 aliphatic carbocycles. The summed E-state index contributed by atoms with van der Waals surface area (Å²) in [4.78, 5) is 13.5. The third kappa shape index (κ3) is 5.25. The van der Waals surface area contributed by atoms with Crippen LogP contribution in [0.5, 0.6) is 0 Å². The Balaban J connectivity index is 2.68. The van der Waals surface area contributed by atoms with Crippen LogP contribution in [-0.2, 0) is 14.8 Å². The van der Waals surface area contributed by atoms with Gasteiger partial charge in [-0.3, -0.25) is 4.79 Å². The SMILES string of the molecule is CCN(CC)C(=O)CCNS(=O)(=O)c1ccc(Br)cc1Cl. The van der Waals surface area contributed by atoms with E-state index in [1.54, 1.807) is 11.0 Å². The monoisotopic (exact) mass is 396 g/mol. The number of nitrogens with one attached hydrogen (secondary N) is 1. The molecule has 0 spiro atoms. The summed E-state index contributed by atoms with van der Waals surface area (Å²) in [7, 11) is -3.72. The maximum absolute atomic E-state index is 12.1. The summed E-state index contributed by atoms with van der Waals surface area (Å²) in [5.74, 6) is -0.0791. The Morgan fingerprint density at radius 2 is 1.95 bits per heavy atom. The van der Waals surface area contributed by atoms with Crippen molar-refractivity contribution in [3.05, 3.63) is 27.7 Å². The van der Waals surface area contributed by atoms with Crippen molar-refractivity contribution in [1.29, 1.82) is 0 Å². The zero-order chi connectivity index (χ0) is 16.0. The van der Waals surface area contributed by atoms with Gasteiger partial charge in [-0.05, 0) is 32.0 Å². The van der Waals surface area contributed by atoms with Gasteiger partial charge in [0.15, 0.2) is 0 Å². The number of carbonyl (C=O) groups is 1. The van der Waals surface area contributed by atoms with Crippen LogP contribution in [0.2, 0.25) is 5.02 Å². The van der Waals surface area contributed by atoms with Crippen molar-refractivity contribution in [1.82, 2.24) is 9.62 Å². The third-order valence-electron chi connectivity index (χ3n) is 2.93. The lowest BCUT2D eigenvalue weighted by atomic mass is 10.3. The van der Waals surface area contributed by atoms with Crippen LogP contribution in [-0.4, -0.2) is 38.9 Å². The van der Waals surface area contributed by atoms with Gasteiger partial charge in [-0.2, -0.15) is 0 Å². The number of carbonyl (C=O) groups excluding carboxylic acids is 1. The maximum Gasteiger partial charge on any atom is 0.242 e. The zero-order valence-corrected chi connectivity index (χ0v) is 15.1. The number of hydrogen-bond acceptors (Lipinski definition) is 3. The molecule has 21 heavy (non-hydrogen) atoms. The standard InChI is InChI=1S/C13H18BrClN2O3S/c1-3-17(4-2)13(18)7-8-16-21(19,20)12-6-5-10(14)9-11(12)15/h5-6,9,16H,3-4,7-8H2,1-2H3. The molecule has 0 bridgehead atoms. The quantitative estimate of drug-likeness (QED) is 0.769. The second-order valence-electron chi connectivity index (χ2n) is 4.29. The Bertz CT molecular complexity index is 603. The van der Waals surface area contributed by atoms with E-state index < -0.39 is 10.0 Å². The summed E-state index contributed by atoms with van der Waals surface area (Å²) in [6.07, 6.45) is 0.120. The zero-order valence-electron chi connectivity index (χ0n) is 11.9. The van der Waals surface area contributed by atoms with E-state index in [9.17, 15) is 13.2 Å². The summed E-state index contributed by atoms with van der Waals surface area (Å²) in [6, 6.07) is 4.53. The normalized spacial score (nSPS) is 11.4. The molecule has 0 atom stereocenters. The van der Waals surface area contributed by atoms with E-state index in [1.165, 1.54) is 12.1 Å². The van der Waals surface area contributed by atoms with E-state index in [1.807, 2.05) is 13.8 Å². The van der Waals surface area contributed by atoms with E-state index >= 15 is 0 Å². The third-order valence-corrected chi connectivity index (χ3v) is 5.37. The summed E-state index contributed by atoms with van der Waals surface area (Å²) < 4.78 is 27.3. The highest BCUT2D eigenvalue weighted by molar-refractivity contribution is 9.10. The minimum absolute atomic E-state index is 0.00246. The van der Waals surface area contributed by atoms with Crippen LogP contribution < -0.4 is 4.72 Å². The Morgan fingerprint density at radius 3 is 2.48 bits per heavy atom. The first kappa shape index (κ1) is 18.4. The minimum atomic E-state index is -3.72. The molecule has 0 saturated carbocycles.